The summed E-state index contributed by atoms with van der Waals surface area (Å²) in [6.45, 7) is 5.47. The van der Waals surface area contributed by atoms with Crippen molar-refractivity contribution in [1.29, 1.82) is 0 Å². The number of benzene rings is 2. The molecule has 4 rings (SSSR count). The van der Waals surface area contributed by atoms with E-state index in [0.29, 0.717) is 55.2 Å². The minimum atomic E-state index is -3.63. The normalized spacial score (nSPS) is 20.8. The number of Topliss-reactive ketones (excluding diaryl/α,β-unsaturated/α-hetero) is 1. The van der Waals surface area contributed by atoms with Gasteiger partial charge in [-0.05, 0) is 60.7 Å². The molecule has 2 aliphatic heterocycles. The van der Waals surface area contributed by atoms with Crippen LogP contribution in [0, 0.1) is 11.8 Å². The lowest BCUT2D eigenvalue weighted by Gasteiger charge is -2.34. The number of esters is 1. The lowest BCUT2D eigenvalue weighted by Crippen LogP contribution is -2.42. The fourth-order valence-electron chi connectivity index (χ4n) is 4.23. The molecule has 2 unspecified atom stereocenters. The van der Waals surface area contributed by atoms with Gasteiger partial charge in [0.1, 0.15) is 13.2 Å². The zero-order valence-electron chi connectivity index (χ0n) is 18.7. The second kappa shape index (κ2) is 9.52. The Kier molecular flexibility index (Phi) is 6.71. The standard InChI is InChI=1S/C24H27NO7S/c1-16-11-17(2)14-25(13-16)33(28,29)20-6-3-18(4-7-20)24(27)32-15-21(26)19-5-8-22-23(12-19)31-10-9-30-22/h3-8,12,16-17H,9-11,13-15H2,1-2H3. The maximum atomic E-state index is 13.0. The molecule has 33 heavy (non-hydrogen) atoms. The molecule has 0 N–H and O–H groups in total. The minimum absolute atomic E-state index is 0.132. The molecule has 0 aliphatic carbocycles. The number of piperidine rings is 1. The minimum Gasteiger partial charge on any atom is -0.486 e. The zero-order chi connectivity index (χ0) is 23.6. The highest BCUT2D eigenvalue weighted by molar-refractivity contribution is 7.89. The van der Waals surface area contributed by atoms with Gasteiger partial charge in [0.05, 0.1) is 10.5 Å². The van der Waals surface area contributed by atoms with E-state index in [1.54, 1.807) is 18.2 Å². The molecule has 0 bridgehead atoms. The number of ketones is 1. The quantitative estimate of drug-likeness (QED) is 0.469. The summed E-state index contributed by atoms with van der Waals surface area (Å²) >= 11 is 0. The van der Waals surface area contributed by atoms with Crippen molar-refractivity contribution in [3.63, 3.8) is 0 Å². The molecule has 0 saturated carbocycles. The number of carbonyl (C=O) groups excluding carboxylic acids is 2. The molecule has 2 aliphatic rings. The van der Waals surface area contributed by atoms with Crippen molar-refractivity contribution < 1.29 is 32.2 Å². The van der Waals surface area contributed by atoms with Crippen LogP contribution in [0.2, 0.25) is 0 Å². The molecule has 0 spiro atoms. The van der Waals surface area contributed by atoms with E-state index in [2.05, 4.69) is 0 Å². The number of hydrogen-bond donors (Lipinski definition) is 0. The van der Waals surface area contributed by atoms with Gasteiger partial charge in [-0.2, -0.15) is 4.31 Å². The second-order valence-electron chi connectivity index (χ2n) is 8.65. The highest BCUT2D eigenvalue weighted by atomic mass is 32.2. The summed E-state index contributed by atoms with van der Waals surface area (Å²) in [5.41, 5.74) is 0.516. The SMILES string of the molecule is CC1CC(C)CN(S(=O)(=O)c2ccc(C(=O)OCC(=O)c3ccc4c(c3)OCCO4)cc2)C1. The third-order valence-corrected chi connectivity index (χ3v) is 7.61. The van der Waals surface area contributed by atoms with Crippen LogP contribution in [0.1, 0.15) is 41.0 Å². The van der Waals surface area contributed by atoms with Gasteiger partial charge in [-0.1, -0.05) is 13.8 Å². The number of sulfonamides is 1. The van der Waals surface area contributed by atoms with Crippen LogP contribution < -0.4 is 9.47 Å². The molecule has 0 aromatic heterocycles. The van der Waals surface area contributed by atoms with Crippen LogP contribution in [0.5, 0.6) is 11.5 Å². The average Bonchev–Trinajstić information content (AvgIpc) is 2.81. The van der Waals surface area contributed by atoms with E-state index in [4.69, 9.17) is 14.2 Å². The lowest BCUT2D eigenvalue weighted by molar-refractivity contribution is 0.0474. The first-order chi connectivity index (χ1) is 15.7. The monoisotopic (exact) mass is 473 g/mol. The summed E-state index contributed by atoms with van der Waals surface area (Å²) in [4.78, 5) is 24.9. The molecule has 9 heteroatoms. The van der Waals surface area contributed by atoms with Crippen LogP contribution in [0.25, 0.3) is 0 Å². The van der Waals surface area contributed by atoms with E-state index in [0.717, 1.165) is 6.42 Å². The largest absolute Gasteiger partial charge is 0.486 e. The Hall–Kier alpha value is -2.91. The van der Waals surface area contributed by atoms with Crippen LogP contribution in [-0.4, -0.2) is 57.4 Å². The van der Waals surface area contributed by atoms with Crippen LogP contribution in [0.4, 0.5) is 0 Å². The van der Waals surface area contributed by atoms with Crippen LogP contribution in [-0.2, 0) is 14.8 Å². The third kappa shape index (κ3) is 5.20. The number of rotatable bonds is 6. The summed E-state index contributed by atoms with van der Waals surface area (Å²) in [7, 11) is -3.63. The number of nitrogens with zero attached hydrogens (tertiary/aromatic N) is 1. The Bertz CT molecular complexity index is 1130. The van der Waals surface area contributed by atoms with Gasteiger partial charge < -0.3 is 14.2 Å². The first kappa shape index (κ1) is 23.3. The highest BCUT2D eigenvalue weighted by Gasteiger charge is 2.31. The second-order valence-corrected chi connectivity index (χ2v) is 10.6. The maximum absolute atomic E-state index is 13.0. The number of ether oxygens (including phenoxy) is 3. The summed E-state index contributed by atoms with van der Waals surface area (Å²) in [5.74, 6) is 0.554. The molecule has 1 saturated heterocycles. The fourth-order valence-corrected chi connectivity index (χ4v) is 5.91. The van der Waals surface area contributed by atoms with Gasteiger partial charge in [0, 0.05) is 18.7 Å². The van der Waals surface area contributed by atoms with Crippen molar-refractivity contribution in [3.8, 4) is 11.5 Å². The van der Waals surface area contributed by atoms with Crippen molar-refractivity contribution >= 4 is 21.8 Å². The van der Waals surface area contributed by atoms with E-state index in [1.165, 1.54) is 28.6 Å². The molecule has 176 valence electrons. The van der Waals surface area contributed by atoms with E-state index < -0.39 is 22.6 Å². The van der Waals surface area contributed by atoms with Crippen LogP contribution in [0.3, 0.4) is 0 Å². The zero-order valence-corrected chi connectivity index (χ0v) is 19.5. The van der Waals surface area contributed by atoms with Crippen LogP contribution >= 0.6 is 0 Å². The van der Waals surface area contributed by atoms with Gasteiger partial charge in [0.25, 0.3) is 0 Å². The molecule has 2 aromatic rings. The van der Waals surface area contributed by atoms with E-state index in [9.17, 15) is 18.0 Å². The predicted octanol–water partition coefficient (Wildman–Crippen LogP) is 3.16. The summed E-state index contributed by atoms with van der Waals surface area (Å²) in [5, 5.41) is 0. The predicted molar refractivity (Wildman–Crippen MR) is 120 cm³/mol. The topological polar surface area (TPSA) is 99.2 Å². The van der Waals surface area contributed by atoms with E-state index >= 15 is 0 Å². The van der Waals surface area contributed by atoms with E-state index in [1.807, 2.05) is 13.8 Å². The van der Waals surface area contributed by atoms with E-state index in [-0.39, 0.29) is 16.2 Å². The van der Waals surface area contributed by atoms with Gasteiger partial charge in [-0.3, -0.25) is 4.79 Å². The molecule has 0 amide bonds. The van der Waals surface area contributed by atoms with Gasteiger partial charge >= 0.3 is 5.97 Å². The van der Waals surface area contributed by atoms with Gasteiger partial charge in [0.15, 0.2) is 23.9 Å². The first-order valence-corrected chi connectivity index (χ1v) is 12.4. The Morgan fingerprint density at radius 2 is 1.55 bits per heavy atom. The smallest absolute Gasteiger partial charge is 0.338 e. The molecule has 2 aromatic carbocycles. The highest BCUT2D eigenvalue weighted by Crippen LogP contribution is 2.31. The Morgan fingerprint density at radius 1 is 0.939 bits per heavy atom. The maximum Gasteiger partial charge on any atom is 0.338 e. The number of hydrogen-bond acceptors (Lipinski definition) is 7. The lowest BCUT2D eigenvalue weighted by atomic mass is 9.94. The molecular weight excluding hydrogens is 446 g/mol. The third-order valence-electron chi connectivity index (χ3n) is 5.76. The van der Waals surface area contributed by atoms with Crippen molar-refractivity contribution in [2.75, 3.05) is 32.9 Å². The van der Waals surface area contributed by atoms with Crippen molar-refractivity contribution in [2.45, 2.75) is 25.2 Å². The number of fused-ring (bicyclic) bond motifs is 1. The van der Waals surface area contributed by atoms with Crippen molar-refractivity contribution in [3.05, 3.63) is 53.6 Å². The van der Waals surface area contributed by atoms with Gasteiger partial charge in [0.2, 0.25) is 10.0 Å². The molecule has 0 radical (unpaired) electrons. The molecule has 2 heterocycles. The summed E-state index contributed by atoms with van der Waals surface area (Å²) in [6.07, 6.45) is 1.00. The first-order valence-electron chi connectivity index (χ1n) is 10.9. The Balaban J connectivity index is 1.38. The van der Waals surface area contributed by atoms with Gasteiger partial charge in [-0.15, -0.1) is 0 Å². The molecule has 2 atom stereocenters. The fraction of sp³-hybridized carbons (Fsp3) is 0.417. The molecule has 8 nitrogen and oxygen atoms in total. The summed E-state index contributed by atoms with van der Waals surface area (Å²) < 4.78 is 43.5. The average molecular weight is 474 g/mol. The van der Waals surface area contributed by atoms with Crippen molar-refractivity contribution in [2.24, 2.45) is 11.8 Å². The number of carbonyl (C=O) groups is 2. The summed E-state index contributed by atoms with van der Waals surface area (Å²) in [6, 6.07) is 10.4. The Morgan fingerprint density at radius 3 is 2.21 bits per heavy atom. The Labute approximate surface area is 193 Å². The van der Waals surface area contributed by atoms with Crippen LogP contribution in [0.15, 0.2) is 47.4 Å². The van der Waals surface area contributed by atoms with Crippen molar-refractivity contribution in [1.82, 2.24) is 4.31 Å². The molecule has 1 fully saturated rings. The molecular formula is C24H27NO7S. The van der Waals surface area contributed by atoms with Gasteiger partial charge in [-0.25, -0.2) is 13.2 Å².